The Morgan fingerprint density at radius 1 is 1.16 bits per heavy atom. The molecule has 2 heterocycles. The monoisotopic (exact) mass is 521 g/mol. The van der Waals surface area contributed by atoms with E-state index in [0.29, 0.717) is 24.9 Å². The molecule has 1 aromatic heterocycles. The molecule has 1 amide bonds. The van der Waals surface area contributed by atoms with Gasteiger partial charge in [-0.3, -0.25) is 4.79 Å². The molecule has 8 nitrogen and oxygen atoms in total. The second-order valence-corrected chi connectivity index (χ2v) is 11.6. The first-order valence-corrected chi connectivity index (χ1v) is 14.3. The Bertz CT molecular complexity index is 1420. The Morgan fingerprint density at radius 3 is 2.59 bits per heavy atom. The summed E-state index contributed by atoms with van der Waals surface area (Å²) < 4.78 is 34.7. The lowest BCUT2D eigenvalue weighted by atomic mass is 10.0. The highest BCUT2D eigenvalue weighted by atomic mass is 32.2. The van der Waals surface area contributed by atoms with Gasteiger partial charge in [0.05, 0.1) is 17.5 Å². The van der Waals surface area contributed by atoms with Crippen molar-refractivity contribution in [2.45, 2.75) is 43.2 Å². The third-order valence-electron chi connectivity index (χ3n) is 6.87. The van der Waals surface area contributed by atoms with Gasteiger partial charge >= 0.3 is 0 Å². The summed E-state index contributed by atoms with van der Waals surface area (Å²) >= 11 is 0. The molecule has 0 spiro atoms. The number of nitrogens with zero attached hydrogens (tertiary/aromatic N) is 2. The molecule has 1 saturated carbocycles. The molecule has 5 rings (SSSR count). The van der Waals surface area contributed by atoms with E-state index < -0.39 is 9.84 Å². The van der Waals surface area contributed by atoms with E-state index in [1.807, 2.05) is 6.07 Å². The summed E-state index contributed by atoms with van der Waals surface area (Å²) in [5, 5.41) is 2.84. The van der Waals surface area contributed by atoms with Gasteiger partial charge in [-0.25, -0.2) is 13.4 Å². The van der Waals surface area contributed by atoms with E-state index in [4.69, 9.17) is 9.47 Å². The minimum atomic E-state index is -3.26. The van der Waals surface area contributed by atoms with Crippen molar-refractivity contribution in [2.75, 3.05) is 31.4 Å². The molecule has 1 fully saturated rings. The van der Waals surface area contributed by atoms with Gasteiger partial charge < -0.3 is 19.7 Å². The molecular weight excluding hydrogens is 490 g/mol. The maximum Gasteiger partial charge on any atom is 0.270 e. The van der Waals surface area contributed by atoms with Crippen LogP contribution in [0.25, 0.3) is 0 Å². The number of hydrogen-bond donors (Lipinski definition) is 1. The number of benzene rings is 2. The van der Waals surface area contributed by atoms with Crippen LogP contribution in [-0.2, 0) is 21.1 Å². The maximum absolute atomic E-state index is 12.8. The maximum atomic E-state index is 12.8. The van der Waals surface area contributed by atoms with E-state index in [0.717, 1.165) is 28.8 Å². The molecular formula is C28H31N3O5S. The Labute approximate surface area is 217 Å². The molecule has 2 aromatic carbocycles. The van der Waals surface area contributed by atoms with Gasteiger partial charge in [0.15, 0.2) is 9.84 Å². The van der Waals surface area contributed by atoms with E-state index in [9.17, 15) is 13.2 Å². The van der Waals surface area contributed by atoms with Crippen LogP contribution in [0.2, 0.25) is 0 Å². The first-order chi connectivity index (χ1) is 17.7. The second kappa shape index (κ2) is 10.1. The molecule has 9 heteroatoms. The lowest BCUT2D eigenvalue weighted by Gasteiger charge is -2.31. The molecule has 194 valence electrons. The highest BCUT2D eigenvalue weighted by Crippen LogP contribution is 2.44. The Hall–Kier alpha value is -3.43. The molecule has 1 aliphatic carbocycles. The van der Waals surface area contributed by atoms with Crippen molar-refractivity contribution in [3.8, 4) is 5.88 Å². The van der Waals surface area contributed by atoms with Crippen LogP contribution in [0, 0.1) is 0 Å². The van der Waals surface area contributed by atoms with Crippen LogP contribution >= 0.6 is 0 Å². The number of fused-ring (bicyclic) bond motifs is 1. The van der Waals surface area contributed by atoms with Gasteiger partial charge in [0, 0.05) is 25.6 Å². The first kappa shape index (κ1) is 25.2. The predicted molar refractivity (Wildman–Crippen MR) is 141 cm³/mol. The number of carbonyl (C=O) groups excluding carboxylic acids is 1. The number of amides is 1. The normalized spacial score (nSPS) is 16.0. The van der Waals surface area contributed by atoms with Gasteiger partial charge in [-0.2, -0.15) is 0 Å². The SMILES string of the molecule is COC(C)c1cc(C2CC2)cc(N2CCOc3nc(C(=O)NCc4ccc(S(C)(=O)=O)cc4)ccc32)c1. The number of nitrogens with one attached hydrogen (secondary N) is 1. The number of rotatable bonds is 8. The average Bonchev–Trinajstić information content (AvgIpc) is 3.76. The topological polar surface area (TPSA) is 97.8 Å². The van der Waals surface area contributed by atoms with Crippen molar-refractivity contribution in [1.29, 1.82) is 0 Å². The van der Waals surface area contributed by atoms with Crippen molar-refractivity contribution in [2.24, 2.45) is 0 Å². The van der Waals surface area contributed by atoms with E-state index in [1.165, 1.54) is 30.5 Å². The van der Waals surface area contributed by atoms with Gasteiger partial charge in [0.2, 0.25) is 5.88 Å². The van der Waals surface area contributed by atoms with E-state index in [2.05, 4.69) is 40.3 Å². The minimum absolute atomic E-state index is 0.00950. The molecule has 1 atom stereocenters. The zero-order valence-corrected chi connectivity index (χ0v) is 22.0. The van der Waals surface area contributed by atoms with Gasteiger partial charge in [0.25, 0.3) is 5.91 Å². The lowest BCUT2D eigenvalue weighted by Crippen LogP contribution is -2.30. The quantitative estimate of drug-likeness (QED) is 0.465. The van der Waals surface area contributed by atoms with Crippen molar-refractivity contribution < 1.29 is 22.7 Å². The number of sulfone groups is 1. The fourth-order valence-corrected chi connectivity index (χ4v) is 5.09. The van der Waals surface area contributed by atoms with Crippen molar-refractivity contribution in [1.82, 2.24) is 10.3 Å². The van der Waals surface area contributed by atoms with Crippen LogP contribution in [0.4, 0.5) is 11.4 Å². The first-order valence-electron chi connectivity index (χ1n) is 12.4. The van der Waals surface area contributed by atoms with Crippen LogP contribution < -0.4 is 15.0 Å². The third kappa shape index (κ3) is 5.62. The average molecular weight is 522 g/mol. The van der Waals surface area contributed by atoms with Crippen LogP contribution in [0.3, 0.4) is 0 Å². The number of carbonyl (C=O) groups is 1. The van der Waals surface area contributed by atoms with Crippen molar-refractivity contribution in [3.05, 3.63) is 77.0 Å². The Kier molecular flexibility index (Phi) is 6.92. The van der Waals surface area contributed by atoms with Crippen LogP contribution in [-0.4, -0.2) is 45.8 Å². The summed E-state index contributed by atoms with van der Waals surface area (Å²) in [7, 11) is -1.54. The minimum Gasteiger partial charge on any atom is -0.474 e. The molecule has 1 N–H and O–H groups in total. The highest BCUT2D eigenvalue weighted by Gasteiger charge is 2.28. The molecule has 0 bridgehead atoms. The van der Waals surface area contributed by atoms with Gasteiger partial charge in [-0.1, -0.05) is 18.2 Å². The van der Waals surface area contributed by atoms with Crippen LogP contribution in [0.1, 0.15) is 59.0 Å². The number of ether oxygens (including phenoxy) is 2. The third-order valence-corrected chi connectivity index (χ3v) is 8.00. The van der Waals surface area contributed by atoms with E-state index in [1.54, 1.807) is 25.3 Å². The van der Waals surface area contributed by atoms with E-state index >= 15 is 0 Å². The molecule has 1 aliphatic heterocycles. The van der Waals surface area contributed by atoms with Gasteiger partial charge in [-0.15, -0.1) is 0 Å². The highest BCUT2D eigenvalue weighted by molar-refractivity contribution is 7.90. The fourth-order valence-electron chi connectivity index (χ4n) is 4.46. The van der Waals surface area contributed by atoms with Crippen molar-refractivity contribution >= 4 is 27.1 Å². The molecule has 2 aliphatic rings. The summed E-state index contributed by atoms with van der Waals surface area (Å²) in [4.78, 5) is 19.8. The fraction of sp³-hybridized carbons (Fsp3) is 0.357. The lowest BCUT2D eigenvalue weighted by molar-refractivity contribution is 0.0944. The molecule has 1 unspecified atom stereocenters. The molecule has 37 heavy (non-hydrogen) atoms. The zero-order chi connectivity index (χ0) is 26.2. The van der Waals surface area contributed by atoms with Gasteiger partial charge in [0.1, 0.15) is 18.0 Å². The number of pyridine rings is 1. The smallest absolute Gasteiger partial charge is 0.270 e. The Morgan fingerprint density at radius 2 is 1.92 bits per heavy atom. The van der Waals surface area contributed by atoms with Crippen LogP contribution in [0.5, 0.6) is 5.88 Å². The Balaban J connectivity index is 1.34. The number of aromatic nitrogens is 1. The summed E-state index contributed by atoms with van der Waals surface area (Å²) in [6, 6.07) is 16.7. The second-order valence-electron chi connectivity index (χ2n) is 9.63. The molecule has 0 radical (unpaired) electrons. The number of methoxy groups -OCH3 is 1. The summed E-state index contributed by atoms with van der Waals surface area (Å²) in [5.74, 6) is 0.701. The molecule has 3 aromatic rings. The summed E-state index contributed by atoms with van der Waals surface area (Å²) in [5.41, 5.74) is 5.42. The van der Waals surface area contributed by atoms with Crippen molar-refractivity contribution in [3.63, 3.8) is 0 Å². The summed E-state index contributed by atoms with van der Waals surface area (Å²) in [6.07, 6.45) is 3.58. The standard InChI is InChI=1S/C28H31N3O5S/c1-18(35-2)21-14-22(20-6-7-20)16-23(15-21)31-12-13-36-28-26(31)11-10-25(30-28)27(32)29-17-19-4-8-24(9-5-19)37(3,33)34/h4-5,8-11,14-16,18,20H,6-7,12-13,17H2,1-3H3,(H,29,32). The number of anilines is 2. The largest absolute Gasteiger partial charge is 0.474 e. The predicted octanol–water partition coefficient (Wildman–Crippen LogP) is 4.53. The van der Waals surface area contributed by atoms with Crippen LogP contribution in [0.15, 0.2) is 59.5 Å². The summed E-state index contributed by atoms with van der Waals surface area (Å²) in [6.45, 7) is 3.44. The van der Waals surface area contributed by atoms with E-state index in [-0.39, 0.29) is 29.1 Å². The number of hydrogen-bond acceptors (Lipinski definition) is 7. The van der Waals surface area contributed by atoms with Gasteiger partial charge in [-0.05, 0) is 78.8 Å². The zero-order valence-electron chi connectivity index (χ0n) is 21.2. The molecule has 0 saturated heterocycles.